The van der Waals surface area contributed by atoms with Crippen molar-refractivity contribution in [3.05, 3.63) is 23.2 Å². The topological polar surface area (TPSA) is 65.5 Å². The number of methoxy groups -OCH3 is 1. The van der Waals surface area contributed by atoms with Crippen LogP contribution in [0.5, 0.6) is 0 Å². The molecule has 0 radical (unpaired) electrons. The van der Waals surface area contributed by atoms with Gasteiger partial charge in [-0.2, -0.15) is 8.78 Å². The first-order valence-electron chi connectivity index (χ1n) is 4.19. The third-order valence-electron chi connectivity index (χ3n) is 1.94. The molecule has 0 aliphatic carbocycles. The lowest BCUT2D eigenvalue weighted by molar-refractivity contribution is -0.0166. The molecule has 0 unspecified atom stereocenters. The highest BCUT2D eigenvalue weighted by molar-refractivity contribution is 5.90. The maximum absolute atomic E-state index is 13.1. The van der Waals surface area contributed by atoms with Crippen molar-refractivity contribution in [2.45, 2.75) is 12.8 Å². The molecule has 2 N–H and O–H groups in total. The van der Waals surface area contributed by atoms with Crippen molar-refractivity contribution in [3.8, 4) is 0 Å². The number of furan rings is 1. The van der Waals surface area contributed by atoms with Crippen molar-refractivity contribution in [2.24, 2.45) is 5.73 Å². The van der Waals surface area contributed by atoms with E-state index in [0.29, 0.717) is 0 Å². The molecule has 0 bridgehead atoms. The Morgan fingerprint density at radius 2 is 2.27 bits per heavy atom. The molecule has 0 amide bonds. The third kappa shape index (κ3) is 2.15. The van der Waals surface area contributed by atoms with Crippen LogP contribution in [0.3, 0.4) is 0 Å². The largest absolute Gasteiger partial charge is 0.465 e. The molecular weight excluding hydrogens is 208 g/mol. The second-order valence-electron chi connectivity index (χ2n) is 2.98. The van der Waals surface area contributed by atoms with Gasteiger partial charge in [0.05, 0.1) is 13.7 Å². The quantitative estimate of drug-likeness (QED) is 0.781. The summed E-state index contributed by atoms with van der Waals surface area (Å²) in [6.07, 6.45) is 0. The third-order valence-corrected chi connectivity index (χ3v) is 1.94. The minimum Gasteiger partial charge on any atom is -0.465 e. The Labute approximate surface area is 85.0 Å². The standard InChI is InChI=1S/C9H11F2NO3/c1-5-6(8(13)14-2)3-7(15-5)9(10,11)4-12/h3H,4,12H2,1-2H3. The maximum atomic E-state index is 13.1. The summed E-state index contributed by atoms with van der Waals surface area (Å²) in [5.74, 6) is -4.51. The highest BCUT2D eigenvalue weighted by atomic mass is 19.3. The first-order valence-corrected chi connectivity index (χ1v) is 4.19. The fraction of sp³-hybridized carbons (Fsp3) is 0.444. The van der Waals surface area contributed by atoms with Crippen molar-refractivity contribution in [1.29, 1.82) is 0 Å². The zero-order chi connectivity index (χ0) is 11.6. The van der Waals surface area contributed by atoms with Crippen LogP contribution in [-0.2, 0) is 10.7 Å². The van der Waals surface area contributed by atoms with Crippen molar-refractivity contribution >= 4 is 5.97 Å². The predicted molar refractivity (Wildman–Crippen MR) is 47.7 cm³/mol. The summed E-state index contributed by atoms with van der Waals surface area (Å²) in [6, 6.07) is 0.952. The molecule has 0 saturated heterocycles. The highest BCUT2D eigenvalue weighted by Crippen LogP contribution is 2.30. The van der Waals surface area contributed by atoms with Crippen LogP contribution in [0.15, 0.2) is 10.5 Å². The number of nitrogens with two attached hydrogens (primary N) is 1. The van der Waals surface area contributed by atoms with Gasteiger partial charge in [0.25, 0.3) is 0 Å². The summed E-state index contributed by atoms with van der Waals surface area (Å²) in [6.45, 7) is 0.531. The van der Waals surface area contributed by atoms with E-state index in [1.807, 2.05) is 0 Å². The molecule has 0 aliphatic rings. The fourth-order valence-electron chi connectivity index (χ4n) is 1.08. The number of halogens is 2. The maximum Gasteiger partial charge on any atom is 0.341 e. The van der Waals surface area contributed by atoms with E-state index in [2.05, 4.69) is 4.74 Å². The van der Waals surface area contributed by atoms with E-state index in [0.717, 1.165) is 13.2 Å². The second-order valence-corrected chi connectivity index (χ2v) is 2.98. The van der Waals surface area contributed by atoms with Crippen LogP contribution in [-0.4, -0.2) is 19.6 Å². The lowest BCUT2D eigenvalue weighted by atomic mass is 10.2. The van der Waals surface area contributed by atoms with Crippen LogP contribution in [0.2, 0.25) is 0 Å². The minimum atomic E-state index is -3.27. The van der Waals surface area contributed by atoms with Crippen molar-refractivity contribution in [1.82, 2.24) is 0 Å². The molecule has 84 valence electrons. The molecule has 0 aromatic carbocycles. The molecule has 1 aromatic heterocycles. The monoisotopic (exact) mass is 219 g/mol. The van der Waals surface area contributed by atoms with E-state index in [4.69, 9.17) is 10.2 Å². The number of aryl methyl sites for hydroxylation is 1. The SMILES string of the molecule is COC(=O)c1cc(C(F)(F)CN)oc1C. The van der Waals surface area contributed by atoms with E-state index >= 15 is 0 Å². The minimum absolute atomic E-state index is 0.0133. The van der Waals surface area contributed by atoms with Gasteiger partial charge in [0.2, 0.25) is 0 Å². The van der Waals surface area contributed by atoms with E-state index in [1.165, 1.54) is 6.92 Å². The predicted octanol–water partition coefficient (Wildman–Crippen LogP) is 1.43. The van der Waals surface area contributed by atoms with Gasteiger partial charge in [0.1, 0.15) is 11.3 Å². The summed E-state index contributed by atoms with van der Waals surface area (Å²) in [7, 11) is 1.16. The zero-order valence-electron chi connectivity index (χ0n) is 8.34. The number of hydrogen-bond donors (Lipinski definition) is 1. The normalized spacial score (nSPS) is 11.5. The summed E-state index contributed by atoms with van der Waals surface area (Å²) >= 11 is 0. The van der Waals surface area contributed by atoms with Gasteiger partial charge in [-0.05, 0) is 6.92 Å². The number of alkyl halides is 2. The lowest BCUT2D eigenvalue weighted by Crippen LogP contribution is -2.24. The van der Waals surface area contributed by atoms with Crippen LogP contribution in [0.1, 0.15) is 21.9 Å². The smallest absolute Gasteiger partial charge is 0.341 e. The van der Waals surface area contributed by atoms with Crippen LogP contribution in [0.25, 0.3) is 0 Å². The number of hydrogen-bond acceptors (Lipinski definition) is 4. The first-order chi connectivity index (χ1) is 6.92. The number of carbonyl (C=O) groups excluding carboxylic acids is 1. The summed E-state index contributed by atoms with van der Waals surface area (Å²) in [5, 5.41) is 0. The molecule has 0 saturated carbocycles. The molecule has 0 aliphatic heterocycles. The highest BCUT2D eigenvalue weighted by Gasteiger charge is 2.35. The molecule has 15 heavy (non-hydrogen) atoms. The van der Waals surface area contributed by atoms with Crippen LogP contribution in [0.4, 0.5) is 8.78 Å². The van der Waals surface area contributed by atoms with Crippen molar-refractivity contribution in [3.63, 3.8) is 0 Å². The molecular formula is C9H11F2NO3. The average Bonchev–Trinajstić information content (AvgIpc) is 2.60. The van der Waals surface area contributed by atoms with Gasteiger partial charge < -0.3 is 14.9 Å². The molecule has 1 rings (SSSR count). The van der Waals surface area contributed by atoms with Crippen molar-refractivity contribution in [2.75, 3.05) is 13.7 Å². The average molecular weight is 219 g/mol. The molecule has 0 spiro atoms. The van der Waals surface area contributed by atoms with E-state index < -0.39 is 24.2 Å². The molecule has 6 heteroatoms. The Kier molecular flexibility index (Phi) is 3.09. The van der Waals surface area contributed by atoms with E-state index in [-0.39, 0.29) is 11.3 Å². The number of ether oxygens (including phenoxy) is 1. The van der Waals surface area contributed by atoms with Gasteiger partial charge in [0.15, 0.2) is 5.76 Å². The summed E-state index contributed by atoms with van der Waals surface area (Å²) in [5.41, 5.74) is 4.87. The van der Waals surface area contributed by atoms with Gasteiger partial charge in [-0.25, -0.2) is 4.79 Å². The van der Waals surface area contributed by atoms with Crippen molar-refractivity contribution < 1.29 is 22.7 Å². The first kappa shape index (κ1) is 11.6. The Balaban J connectivity index is 3.11. The molecule has 1 aromatic rings. The Bertz CT molecular complexity index is 373. The Hall–Kier alpha value is -1.43. The Morgan fingerprint density at radius 1 is 1.67 bits per heavy atom. The van der Waals surface area contributed by atoms with Gasteiger partial charge in [-0.3, -0.25) is 0 Å². The summed E-state index contributed by atoms with van der Waals surface area (Å²) in [4.78, 5) is 11.1. The molecule has 0 fully saturated rings. The van der Waals surface area contributed by atoms with Crippen LogP contribution < -0.4 is 5.73 Å². The number of rotatable bonds is 3. The molecule has 0 atom stereocenters. The number of esters is 1. The fourth-order valence-corrected chi connectivity index (χ4v) is 1.08. The van der Waals surface area contributed by atoms with Gasteiger partial charge in [0, 0.05) is 6.07 Å². The van der Waals surface area contributed by atoms with E-state index in [9.17, 15) is 13.6 Å². The molecule has 4 nitrogen and oxygen atoms in total. The zero-order valence-corrected chi connectivity index (χ0v) is 8.34. The summed E-state index contributed by atoms with van der Waals surface area (Å²) < 4.78 is 35.3. The molecule has 1 heterocycles. The van der Waals surface area contributed by atoms with Gasteiger partial charge in [-0.1, -0.05) is 0 Å². The lowest BCUT2D eigenvalue weighted by Gasteiger charge is -2.09. The Morgan fingerprint density at radius 3 is 2.73 bits per heavy atom. The second kappa shape index (κ2) is 3.98. The van der Waals surface area contributed by atoms with E-state index in [1.54, 1.807) is 0 Å². The van der Waals surface area contributed by atoms with Gasteiger partial charge in [-0.15, -0.1) is 0 Å². The van der Waals surface area contributed by atoms with Gasteiger partial charge >= 0.3 is 11.9 Å². The van der Waals surface area contributed by atoms with Crippen LogP contribution >= 0.6 is 0 Å². The van der Waals surface area contributed by atoms with Crippen LogP contribution in [0, 0.1) is 6.92 Å². The number of carbonyl (C=O) groups is 1.